The van der Waals surface area contributed by atoms with Crippen LogP contribution in [0.1, 0.15) is 39.0 Å². The highest BCUT2D eigenvalue weighted by Gasteiger charge is 2.18. The van der Waals surface area contributed by atoms with Crippen molar-refractivity contribution in [3.05, 3.63) is 30.3 Å². The van der Waals surface area contributed by atoms with Gasteiger partial charge in [-0.2, -0.15) is 0 Å². The Bertz CT molecular complexity index is 436. The van der Waals surface area contributed by atoms with E-state index in [1.54, 1.807) is 11.8 Å². The fourth-order valence-corrected chi connectivity index (χ4v) is 2.75. The molecule has 0 spiro atoms. The number of carboxylic acid groups (broad SMARTS) is 1. The van der Waals surface area contributed by atoms with Crippen LogP contribution in [-0.2, 0) is 9.59 Å². The van der Waals surface area contributed by atoms with Crippen LogP contribution in [0.5, 0.6) is 0 Å². The summed E-state index contributed by atoms with van der Waals surface area (Å²) in [4.78, 5) is 24.0. The van der Waals surface area contributed by atoms with Gasteiger partial charge in [0.1, 0.15) is 6.04 Å². The lowest BCUT2D eigenvalue weighted by Gasteiger charge is -2.13. The molecule has 116 valence electrons. The second kappa shape index (κ2) is 10.3. The predicted octanol–water partition coefficient (Wildman–Crippen LogP) is 3.32. The molecule has 5 heteroatoms. The number of thioether (sulfide) groups is 1. The van der Waals surface area contributed by atoms with Crippen LogP contribution in [0.2, 0.25) is 0 Å². The van der Waals surface area contributed by atoms with Gasteiger partial charge in [0, 0.05) is 11.3 Å². The molecule has 0 heterocycles. The van der Waals surface area contributed by atoms with E-state index in [0.29, 0.717) is 12.8 Å². The SMILES string of the molecule is CCCC[C@H](NC(=O)CCCSc1ccccc1)C(=O)O. The van der Waals surface area contributed by atoms with Gasteiger partial charge in [-0.3, -0.25) is 4.79 Å². The molecular weight excluding hydrogens is 286 g/mol. The second-order valence-electron chi connectivity index (χ2n) is 4.87. The Balaban J connectivity index is 2.21. The zero-order chi connectivity index (χ0) is 15.5. The summed E-state index contributed by atoms with van der Waals surface area (Å²) in [5, 5.41) is 11.7. The van der Waals surface area contributed by atoms with Crippen molar-refractivity contribution in [1.29, 1.82) is 0 Å². The Labute approximate surface area is 130 Å². The Morgan fingerprint density at radius 3 is 2.57 bits per heavy atom. The van der Waals surface area contributed by atoms with Crippen molar-refractivity contribution < 1.29 is 14.7 Å². The first-order chi connectivity index (χ1) is 10.1. The minimum Gasteiger partial charge on any atom is -0.480 e. The van der Waals surface area contributed by atoms with E-state index in [1.807, 2.05) is 37.3 Å². The van der Waals surface area contributed by atoms with Gasteiger partial charge < -0.3 is 10.4 Å². The summed E-state index contributed by atoms with van der Waals surface area (Å²) in [6.45, 7) is 2.00. The monoisotopic (exact) mass is 309 g/mol. The molecule has 0 radical (unpaired) electrons. The normalized spacial score (nSPS) is 11.9. The number of carbonyl (C=O) groups excluding carboxylic acids is 1. The Morgan fingerprint density at radius 2 is 1.95 bits per heavy atom. The summed E-state index contributed by atoms with van der Waals surface area (Å²) in [6.07, 6.45) is 3.34. The predicted molar refractivity (Wildman–Crippen MR) is 85.5 cm³/mol. The van der Waals surface area contributed by atoms with E-state index < -0.39 is 12.0 Å². The fourth-order valence-electron chi connectivity index (χ4n) is 1.87. The number of hydrogen-bond donors (Lipinski definition) is 2. The van der Waals surface area contributed by atoms with Crippen LogP contribution in [0.15, 0.2) is 35.2 Å². The van der Waals surface area contributed by atoms with E-state index in [9.17, 15) is 9.59 Å². The smallest absolute Gasteiger partial charge is 0.326 e. The molecular formula is C16H23NO3S. The zero-order valence-corrected chi connectivity index (χ0v) is 13.2. The number of carboxylic acids is 1. The van der Waals surface area contributed by atoms with Gasteiger partial charge in [0.05, 0.1) is 0 Å². The van der Waals surface area contributed by atoms with Crippen molar-refractivity contribution in [1.82, 2.24) is 5.32 Å². The summed E-state index contributed by atoms with van der Waals surface area (Å²) in [5.41, 5.74) is 0. The van der Waals surface area contributed by atoms with Gasteiger partial charge in [0.15, 0.2) is 0 Å². The quantitative estimate of drug-likeness (QED) is 0.514. The van der Waals surface area contributed by atoms with Gasteiger partial charge in [-0.25, -0.2) is 4.79 Å². The maximum absolute atomic E-state index is 11.7. The van der Waals surface area contributed by atoms with Crippen molar-refractivity contribution >= 4 is 23.6 Å². The van der Waals surface area contributed by atoms with Gasteiger partial charge >= 0.3 is 5.97 Å². The first kappa shape index (κ1) is 17.6. The molecule has 1 aromatic carbocycles. The number of nitrogens with one attached hydrogen (secondary N) is 1. The summed E-state index contributed by atoms with van der Waals surface area (Å²) in [5.74, 6) is -0.271. The number of benzene rings is 1. The molecule has 0 aliphatic heterocycles. The third-order valence-corrected chi connectivity index (χ3v) is 4.14. The maximum Gasteiger partial charge on any atom is 0.326 e. The molecule has 0 bridgehead atoms. The summed E-state index contributed by atoms with van der Waals surface area (Å²) in [6, 6.07) is 9.27. The first-order valence-corrected chi connectivity index (χ1v) is 8.32. The lowest BCUT2D eigenvalue weighted by Crippen LogP contribution is -2.40. The average molecular weight is 309 g/mol. The first-order valence-electron chi connectivity index (χ1n) is 7.33. The van der Waals surface area contributed by atoms with Crippen molar-refractivity contribution in [3.63, 3.8) is 0 Å². The molecule has 0 aromatic heterocycles. The second-order valence-corrected chi connectivity index (χ2v) is 6.03. The molecule has 0 saturated heterocycles. The minimum absolute atomic E-state index is 0.174. The molecule has 1 aromatic rings. The standard InChI is InChI=1S/C16H23NO3S/c1-2-3-10-14(16(19)20)17-15(18)11-7-12-21-13-8-5-4-6-9-13/h4-6,8-9,14H,2-3,7,10-12H2,1H3,(H,17,18)(H,19,20)/t14-/m0/s1. The van der Waals surface area contributed by atoms with E-state index in [1.165, 1.54) is 4.90 Å². The van der Waals surface area contributed by atoms with Crippen LogP contribution in [0.3, 0.4) is 0 Å². The van der Waals surface area contributed by atoms with Gasteiger partial charge in [0.25, 0.3) is 0 Å². The van der Waals surface area contributed by atoms with Crippen molar-refractivity contribution in [3.8, 4) is 0 Å². The molecule has 1 atom stereocenters. The Hall–Kier alpha value is -1.49. The minimum atomic E-state index is -0.949. The molecule has 0 aliphatic carbocycles. The lowest BCUT2D eigenvalue weighted by atomic mass is 10.1. The van der Waals surface area contributed by atoms with Crippen LogP contribution in [0.25, 0.3) is 0 Å². The summed E-state index contributed by atoms with van der Waals surface area (Å²) >= 11 is 1.71. The molecule has 1 rings (SSSR count). The molecule has 4 nitrogen and oxygen atoms in total. The lowest BCUT2D eigenvalue weighted by molar-refractivity contribution is -0.142. The number of hydrogen-bond acceptors (Lipinski definition) is 3. The summed E-state index contributed by atoms with van der Waals surface area (Å²) < 4.78 is 0. The summed E-state index contributed by atoms with van der Waals surface area (Å²) in [7, 11) is 0. The van der Waals surface area contributed by atoms with E-state index in [4.69, 9.17) is 5.11 Å². The van der Waals surface area contributed by atoms with E-state index in [0.717, 1.165) is 25.0 Å². The molecule has 0 fully saturated rings. The number of amides is 1. The highest BCUT2D eigenvalue weighted by Crippen LogP contribution is 2.18. The average Bonchev–Trinajstić information content (AvgIpc) is 2.48. The van der Waals surface area contributed by atoms with Gasteiger partial charge in [-0.1, -0.05) is 38.0 Å². The van der Waals surface area contributed by atoms with Crippen molar-refractivity contribution in [2.45, 2.75) is 50.0 Å². The number of aliphatic carboxylic acids is 1. The van der Waals surface area contributed by atoms with Crippen LogP contribution in [-0.4, -0.2) is 28.8 Å². The topological polar surface area (TPSA) is 66.4 Å². The van der Waals surface area contributed by atoms with Gasteiger partial charge in [0.2, 0.25) is 5.91 Å². The zero-order valence-electron chi connectivity index (χ0n) is 12.4. The third-order valence-electron chi connectivity index (χ3n) is 3.04. The molecule has 0 saturated carbocycles. The number of carbonyl (C=O) groups is 2. The Morgan fingerprint density at radius 1 is 1.24 bits per heavy atom. The molecule has 21 heavy (non-hydrogen) atoms. The van der Waals surface area contributed by atoms with Gasteiger partial charge in [-0.05, 0) is 30.7 Å². The van der Waals surface area contributed by atoms with Crippen LogP contribution >= 0.6 is 11.8 Å². The van der Waals surface area contributed by atoms with Crippen LogP contribution < -0.4 is 5.32 Å². The molecule has 0 aliphatic rings. The van der Waals surface area contributed by atoms with E-state index >= 15 is 0 Å². The van der Waals surface area contributed by atoms with Crippen LogP contribution in [0.4, 0.5) is 0 Å². The fraction of sp³-hybridized carbons (Fsp3) is 0.500. The largest absolute Gasteiger partial charge is 0.480 e. The van der Waals surface area contributed by atoms with Gasteiger partial charge in [-0.15, -0.1) is 11.8 Å². The third kappa shape index (κ3) is 7.75. The maximum atomic E-state index is 11.7. The van der Waals surface area contributed by atoms with Crippen LogP contribution in [0, 0.1) is 0 Å². The van der Waals surface area contributed by atoms with E-state index in [-0.39, 0.29) is 5.91 Å². The van der Waals surface area contributed by atoms with Crippen molar-refractivity contribution in [2.75, 3.05) is 5.75 Å². The molecule has 0 unspecified atom stereocenters. The number of rotatable bonds is 10. The van der Waals surface area contributed by atoms with E-state index in [2.05, 4.69) is 5.32 Å². The highest BCUT2D eigenvalue weighted by molar-refractivity contribution is 7.99. The number of unbranched alkanes of at least 4 members (excludes halogenated alkanes) is 1. The highest BCUT2D eigenvalue weighted by atomic mass is 32.2. The Kier molecular flexibility index (Phi) is 8.59. The molecule has 1 amide bonds. The molecule has 2 N–H and O–H groups in total. The van der Waals surface area contributed by atoms with Crippen molar-refractivity contribution in [2.24, 2.45) is 0 Å².